The molecule has 2 nitrogen and oxygen atoms in total. The molecule has 1 unspecified atom stereocenters. The summed E-state index contributed by atoms with van der Waals surface area (Å²) < 4.78 is 11.3. The van der Waals surface area contributed by atoms with Crippen molar-refractivity contribution in [3.05, 3.63) is 42.0 Å². The van der Waals surface area contributed by atoms with Crippen LogP contribution < -0.4 is 4.74 Å². The van der Waals surface area contributed by atoms with Crippen LogP contribution in [0.4, 0.5) is 0 Å². The monoisotopic (exact) mass is 250 g/mol. The molecular weight excluding hydrogens is 228 g/mol. The van der Waals surface area contributed by atoms with Gasteiger partial charge >= 0.3 is 0 Å². The summed E-state index contributed by atoms with van der Waals surface area (Å²) in [5.74, 6) is 0.876. The maximum atomic E-state index is 6.15. The molecule has 1 aromatic carbocycles. The molecule has 17 heavy (non-hydrogen) atoms. The van der Waals surface area contributed by atoms with Crippen LogP contribution in [0.25, 0.3) is 0 Å². The Labute approximate surface area is 105 Å². The van der Waals surface area contributed by atoms with E-state index < -0.39 is 8.32 Å². The lowest BCUT2D eigenvalue weighted by Gasteiger charge is -2.24. The first-order valence-corrected chi connectivity index (χ1v) is 9.31. The number of ether oxygens (including phenoxy) is 1. The van der Waals surface area contributed by atoms with E-state index in [1.165, 1.54) is 5.56 Å². The third-order valence-electron chi connectivity index (χ3n) is 2.29. The van der Waals surface area contributed by atoms with Crippen molar-refractivity contribution >= 4 is 8.32 Å². The second-order valence-electron chi connectivity index (χ2n) is 4.95. The number of hydrogen-bond acceptors (Lipinski definition) is 2. The molecule has 0 spiro atoms. The molecule has 1 rings (SSSR count). The first kappa shape index (κ1) is 14.0. The SMILES string of the molecule is C/C=C/C(O[Si](C)(C)C)c1ccc(OC)cc1. The average Bonchev–Trinajstić information content (AvgIpc) is 2.27. The van der Waals surface area contributed by atoms with Crippen molar-refractivity contribution < 1.29 is 9.16 Å². The van der Waals surface area contributed by atoms with Crippen LogP contribution in [-0.2, 0) is 4.43 Å². The van der Waals surface area contributed by atoms with Crippen LogP contribution in [0.2, 0.25) is 19.6 Å². The van der Waals surface area contributed by atoms with Crippen LogP contribution in [0.15, 0.2) is 36.4 Å². The normalized spacial score (nSPS) is 13.9. The number of rotatable bonds is 5. The molecule has 0 aliphatic heterocycles. The molecule has 0 aliphatic carbocycles. The summed E-state index contributed by atoms with van der Waals surface area (Å²) in [6.07, 6.45) is 4.19. The summed E-state index contributed by atoms with van der Waals surface area (Å²) in [6.45, 7) is 8.62. The summed E-state index contributed by atoms with van der Waals surface area (Å²) in [4.78, 5) is 0. The minimum absolute atomic E-state index is 0.0533. The molecule has 0 N–H and O–H groups in total. The zero-order valence-corrected chi connectivity index (χ0v) is 12.4. The summed E-state index contributed by atoms with van der Waals surface area (Å²) in [5, 5.41) is 0. The van der Waals surface area contributed by atoms with Gasteiger partial charge in [0.1, 0.15) is 5.75 Å². The smallest absolute Gasteiger partial charge is 0.185 e. The number of methoxy groups -OCH3 is 1. The molecule has 3 heteroatoms. The minimum atomic E-state index is -1.54. The Morgan fingerprint density at radius 1 is 1.12 bits per heavy atom. The van der Waals surface area contributed by atoms with E-state index in [4.69, 9.17) is 9.16 Å². The molecule has 0 aromatic heterocycles. The fourth-order valence-electron chi connectivity index (χ4n) is 1.57. The topological polar surface area (TPSA) is 18.5 Å². The second kappa shape index (κ2) is 6.03. The van der Waals surface area contributed by atoms with Crippen LogP contribution in [0.3, 0.4) is 0 Å². The van der Waals surface area contributed by atoms with Gasteiger partial charge in [-0.2, -0.15) is 0 Å². The van der Waals surface area contributed by atoms with Crippen molar-refractivity contribution in [2.24, 2.45) is 0 Å². The van der Waals surface area contributed by atoms with E-state index in [1.807, 2.05) is 25.1 Å². The zero-order chi connectivity index (χ0) is 12.9. The van der Waals surface area contributed by atoms with Crippen molar-refractivity contribution in [3.8, 4) is 5.75 Å². The van der Waals surface area contributed by atoms with Gasteiger partial charge in [-0.1, -0.05) is 24.3 Å². The van der Waals surface area contributed by atoms with Crippen LogP contribution >= 0.6 is 0 Å². The standard InChI is InChI=1S/C14H22O2Si/c1-6-7-14(16-17(3,4)5)12-8-10-13(15-2)11-9-12/h6-11,14H,1-5H3/b7-6+. The van der Waals surface area contributed by atoms with Crippen molar-refractivity contribution in [3.63, 3.8) is 0 Å². The Morgan fingerprint density at radius 3 is 2.12 bits per heavy atom. The second-order valence-corrected chi connectivity index (χ2v) is 9.41. The summed E-state index contributed by atoms with van der Waals surface area (Å²) >= 11 is 0. The maximum Gasteiger partial charge on any atom is 0.185 e. The van der Waals surface area contributed by atoms with Gasteiger partial charge in [-0.3, -0.25) is 0 Å². The first-order chi connectivity index (χ1) is 7.96. The summed E-state index contributed by atoms with van der Waals surface area (Å²) in [5.41, 5.74) is 1.17. The molecule has 0 heterocycles. The predicted molar refractivity (Wildman–Crippen MR) is 75.0 cm³/mol. The molecule has 0 saturated carbocycles. The Balaban J connectivity index is 2.89. The number of allylic oxidation sites excluding steroid dienone is 1. The Hall–Kier alpha value is -1.06. The van der Waals surface area contributed by atoms with E-state index in [-0.39, 0.29) is 6.10 Å². The highest BCUT2D eigenvalue weighted by molar-refractivity contribution is 6.69. The highest BCUT2D eigenvalue weighted by atomic mass is 28.4. The van der Waals surface area contributed by atoms with E-state index in [0.29, 0.717) is 0 Å². The van der Waals surface area contributed by atoms with Crippen molar-refractivity contribution in [2.75, 3.05) is 7.11 Å². The van der Waals surface area contributed by atoms with Crippen LogP contribution in [-0.4, -0.2) is 15.4 Å². The van der Waals surface area contributed by atoms with Crippen LogP contribution in [0.1, 0.15) is 18.6 Å². The van der Waals surface area contributed by atoms with Gasteiger partial charge in [0.2, 0.25) is 0 Å². The largest absolute Gasteiger partial charge is 0.497 e. The highest BCUT2D eigenvalue weighted by Gasteiger charge is 2.20. The van der Waals surface area contributed by atoms with Gasteiger partial charge in [-0.25, -0.2) is 0 Å². The van der Waals surface area contributed by atoms with Crippen LogP contribution in [0, 0.1) is 0 Å². The highest BCUT2D eigenvalue weighted by Crippen LogP contribution is 2.25. The Kier molecular flexibility index (Phi) is 4.96. The van der Waals surface area contributed by atoms with Gasteiger partial charge in [-0.15, -0.1) is 0 Å². The third-order valence-corrected chi connectivity index (χ3v) is 3.25. The lowest BCUT2D eigenvalue weighted by Crippen LogP contribution is -2.27. The fraction of sp³-hybridized carbons (Fsp3) is 0.429. The summed E-state index contributed by atoms with van der Waals surface area (Å²) in [7, 11) is 0.133. The molecule has 1 aromatic rings. The van der Waals surface area contributed by atoms with E-state index in [1.54, 1.807) is 7.11 Å². The Bertz CT molecular complexity index is 363. The van der Waals surface area contributed by atoms with E-state index in [0.717, 1.165) is 5.75 Å². The van der Waals surface area contributed by atoms with Gasteiger partial charge in [0.15, 0.2) is 8.32 Å². The molecule has 0 radical (unpaired) electrons. The quantitative estimate of drug-likeness (QED) is 0.577. The molecule has 0 bridgehead atoms. The van der Waals surface area contributed by atoms with Crippen molar-refractivity contribution in [2.45, 2.75) is 32.7 Å². The first-order valence-electron chi connectivity index (χ1n) is 5.91. The minimum Gasteiger partial charge on any atom is -0.497 e. The van der Waals surface area contributed by atoms with Gasteiger partial charge in [0.25, 0.3) is 0 Å². The van der Waals surface area contributed by atoms with Gasteiger partial charge in [-0.05, 0) is 44.3 Å². The molecular formula is C14H22O2Si. The molecule has 0 fully saturated rings. The fourth-order valence-corrected chi connectivity index (χ4v) is 2.54. The van der Waals surface area contributed by atoms with Crippen LogP contribution in [0.5, 0.6) is 5.75 Å². The molecule has 94 valence electrons. The molecule has 0 aliphatic rings. The number of hydrogen-bond donors (Lipinski definition) is 0. The lowest BCUT2D eigenvalue weighted by atomic mass is 10.1. The summed E-state index contributed by atoms with van der Waals surface area (Å²) in [6, 6.07) is 8.06. The van der Waals surface area contributed by atoms with Gasteiger partial charge in [0.05, 0.1) is 13.2 Å². The van der Waals surface area contributed by atoms with Crippen molar-refractivity contribution in [1.29, 1.82) is 0 Å². The molecule has 0 amide bonds. The van der Waals surface area contributed by atoms with E-state index >= 15 is 0 Å². The number of benzene rings is 1. The van der Waals surface area contributed by atoms with E-state index in [2.05, 4.69) is 37.8 Å². The van der Waals surface area contributed by atoms with Gasteiger partial charge in [0, 0.05) is 0 Å². The maximum absolute atomic E-state index is 6.15. The lowest BCUT2D eigenvalue weighted by molar-refractivity contribution is 0.247. The Morgan fingerprint density at radius 2 is 1.71 bits per heavy atom. The predicted octanol–water partition coefficient (Wildman–Crippen LogP) is 4.16. The molecule has 0 saturated heterocycles. The third kappa shape index (κ3) is 4.75. The van der Waals surface area contributed by atoms with Crippen molar-refractivity contribution in [1.82, 2.24) is 0 Å². The average molecular weight is 250 g/mol. The molecule has 1 atom stereocenters. The van der Waals surface area contributed by atoms with Gasteiger partial charge < -0.3 is 9.16 Å². The van der Waals surface area contributed by atoms with E-state index in [9.17, 15) is 0 Å². The zero-order valence-electron chi connectivity index (χ0n) is 11.4.